The summed E-state index contributed by atoms with van der Waals surface area (Å²) in [7, 11) is 0. The Bertz CT molecular complexity index is 2420. The summed E-state index contributed by atoms with van der Waals surface area (Å²) < 4.78 is 44.9. The molecule has 0 spiro atoms. The Balaban J connectivity index is 0.826. The van der Waals surface area contributed by atoms with Gasteiger partial charge in [0, 0.05) is 87.5 Å². The third-order valence-electron chi connectivity index (χ3n) is 11.7. The first-order chi connectivity index (χ1) is 28.5. The number of fused-ring (bicyclic) bond motifs is 1. The highest BCUT2D eigenvalue weighted by molar-refractivity contribution is 6.04. The predicted octanol–water partition coefficient (Wildman–Crippen LogP) is 6.26. The maximum Gasteiger partial charge on any atom is 0.416 e. The maximum atomic E-state index is 14.4. The van der Waals surface area contributed by atoms with Crippen LogP contribution in [0.15, 0.2) is 85.2 Å². The fraction of sp³-hybridized carbons (Fsp3) is 0.356. The van der Waals surface area contributed by atoms with Crippen LogP contribution in [-0.2, 0) is 22.3 Å². The van der Waals surface area contributed by atoms with Crippen LogP contribution in [0.5, 0.6) is 0 Å². The second-order valence-electron chi connectivity index (χ2n) is 15.6. The molecule has 3 fully saturated rings. The number of piperazine rings is 1. The van der Waals surface area contributed by atoms with E-state index in [1.165, 1.54) is 12.1 Å². The number of aryl methyl sites for hydroxylation is 1. The van der Waals surface area contributed by atoms with E-state index in [1.807, 2.05) is 25.1 Å². The van der Waals surface area contributed by atoms with Crippen molar-refractivity contribution in [3.05, 3.63) is 124 Å². The first-order valence-corrected chi connectivity index (χ1v) is 20.0. The molecule has 2 aromatic heterocycles. The minimum Gasteiger partial charge on any atom is -0.372 e. The molecule has 8 rings (SSSR count). The van der Waals surface area contributed by atoms with Crippen molar-refractivity contribution in [3.63, 3.8) is 0 Å². The number of aromatic nitrogens is 3. The third kappa shape index (κ3) is 9.32. The monoisotopic (exact) mass is 802 g/mol. The number of anilines is 2. The zero-order valence-electron chi connectivity index (χ0n) is 32.8. The fourth-order valence-electron chi connectivity index (χ4n) is 8.24. The average Bonchev–Trinajstić information content (AvgIpc) is 3.65. The van der Waals surface area contributed by atoms with E-state index in [4.69, 9.17) is 0 Å². The predicted molar refractivity (Wildman–Crippen MR) is 218 cm³/mol. The quantitative estimate of drug-likeness (QED) is 0.140. The second-order valence-corrected chi connectivity index (χ2v) is 15.6. The normalized spacial score (nSPS) is 18.4. The fourth-order valence-corrected chi connectivity index (χ4v) is 8.24. The first-order valence-electron chi connectivity index (χ1n) is 20.0. The number of alkyl halides is 3. The Hall–Kier alpha value is -6.04. The lowest BCUT2D eigenvalue weighted by Gasteiger charge is -2.39. The van der Waals surface area contributed by atoms with Gasteiger partial charge in [0.15, 0.2) is 5.65 Å². The summed E-state index contributed by atoms with van der Waals surface area (Å²) in [5.74, 6) is 5.41. The van der Waals surface area contributed by atoms with Gasteiger partial charge in [-0.2, -0.15) is 18.3 Å². The summed E-state index contributed by atoms with van der Waals surface area (Å²) >= 11 is 0. The van der Waals surface area contributed by atoms with E-state index in [2.05, 4.69) is 59.4 Å². The van der Waals surface area contributed by atoms with E-state index in [0.717, 1.165) is 68.4 Å². The van der Waals surface area contributed by atoms with Gasteiger partial charge >= 0.3 is 6.18 Å². The molecule has 0 saturated carbocycles. The Labute approximate surface area is 340 Å². The molecule has 14 heteroatoms. The van der Waals surface area contributed by atoms with E-state index in [1.54, 1.807) is 41.2 Å². The average molecular weight is 803 g/mol. The van der Waals surface area contributed by atoms with Crippen LogP contribution in [0.1, 0.15) is 75.5 Å². The van der Waals surface area contributed by atoms with Gasteiger partial charge < -0.3 is 15.1 Å². The van der Waals surface area contributed by atoms with Gasteiger partial charge in [-0.25, -0.2) is 9.50 Å². The number of halogens is 3. The number of nitrogens with zero attached hydrogens (tertiary/aromatic N) is 6. The van der Waals surface area contributed by atoms with E-state index in [9.17, 15) is 27.6 Å². The number of hydrogen-bond acceptors (Lipinski definition) is 8. The number of amides is 3. The van der Waals surface area contributed by atoms with Crippen LogP contribution in [0.3, 0.4) is 0 Å². The number of rotatable bonds is 8. The maximum absolute atomic E-state index is 14.4. The minimum atomic E-state index is -4.60. The standard InChI is InChI=1S/C45H45F3N8O3/c1-30-4-5-34(25-33(30)9-13-38-27-49-41-3-2-18-50-56(38)41)43(58)51-36-10-6-35(40(26-36)45(46,47)48)29-54-23-21-53(22-24-54)28-31-16-19-55(20-17-31)37-11-7-32(8-12-37)39-14-15-42(57)52-44(39)59/h2-8,10-12,18,25-27,31,39H,14-17,19-24,28-29H2,1H3,(H,51,58)(H,52,57,59). The number of carbonyl (C=O) groups excluding carboxylic acids is 3. The van der Waals surface area contributed by atoms with Crippen molar-refractivity contribution in [1.82, 2.24) is 29.7 Å². The number of imide groups is 1. The Morgan fingerprint density at radius 1 is 0.898 bits per heavy atom. The molecule has 3 saturated heterocycles. The smallest absolute Gasteiger partial charge is 0.372 e. The number of hydrogen-bond donors (Lipinski definition) is 2. The van der Waals surface area contributed by atoms with E-state index < -0.39 is 17.6 Å². The molecule has 1 atom stereocenters. The molecule has 3 aliphatic rings. The molecular formula is C45H45F3N8O3. The van der Waals surface area contributed by atoms with Gasteiger partial charge in [-0.1, -0.05) is 30.2 Å². The lowest BCUT2D eigenvalue weighted by atomic mass is 9.90. The van der Waals surface area contributed by atoms with E-state index >= 15 is 0 Å². The molecular weight excluding hydrogens is 758 g/mol. The van der Waals surface area contributed by atoms with Crippen molar-refractivity contribution in [1.29, 1.82) is 0 Å². The molecule has 5 aromatic rings. The Kier molecular flexibility index (Phi) is 11.5. The van der Waals surface area contributed by atoms with Crippen molar-refractivity contribution in [2.75, 3.05) is 56.0 Å². The lowest BCUT2D eigenvalue weighted by molar-refractivity contribution is -0.138. The SMILES string of the molecule is Cc1ccc(C(=O)Nc2ccc(CN3CCN(CC4CCN(c5ccc(C6CCC(=O)NC6=O)cc5)CC4)CC3)c(C(F)(F)F)c2)cc1C#Cc1cnc2cccnn12. The Morgan fingerprint density at radius 2 is 1.66 bits per heavy atom. The zero-order valence-corrected chi connectivity index (χ0v) is 32.8. The molecule has 3 aromatic carbocycles. The molecule has 3 amide bonds. The van der Waals surface area contributed by atoms with Crippen LogP contribution in [0.2, 0.25) is 0 Å². The van der Waals surface area contributed by atoms with Gasteiger partial charge in [-0.3, -0.25) is 24.6 Å². The number of carbonyl (C=O) groups is 3. The lowest BCUT2D eigenvalue weighted by Crippen LogP contribution is -2.48. The highest BCUT2D eigenvalue weighted by Crippen LogP contribution is 2.35. The molecule has 0 aliphatic carbocycles. The molecule has 2 N–H and O–H groups in total. The van der Waals surface area contributed by atoms with Crippen molar-refractivity contribution >= 4 is 34.7 Å². The number of piperidine rings is 2. The molecule has 3 aliphatic heterocycles. The van der Waals surface area contributed by atoms with Crippen LogP contribution in [0.4, 0.5) is 24.5 Å². The largest absolute Gasteiger partial charge is 0.416 e. The second kappa shape index (κ2) is 17.1. The van der Waals surface area contributed by atoms with Crippen LogP contribution in [0.25, 0.3) is 5.65 Å². The van der Waals surface area contributed by atoms with Gasteiger partial charge in [0.25, 0.3) is 5.91 Å². The third-order valence-corrected chi connectivity index (χ3v) is 11.7. The van der Waals surface area contributed by atoms with Gasteiger partial charge in [-0.15, -0.1) is 0 Å². The summed E-state index contributed by atoms with van der Waals surface area (Å²) in [6.07, 6.45) is 1.65. The first kappa shape index (κ1) is 39.8. The minimum absolute atomic E-state index is 0.0659. The van der Waals surface area contributed by atoms with Crippen molar-refractivity contribution in [2.45, 2.75) is 51.2 Å². The van der Waals surface area contributed by atoms with E-state index in [-0.39, 0.29) is 41.1 Å². The van der Waals surface area contributed by atoms with Gasteiger partial charge in [0.2, 0.25) is 11.8 Å². The van der Waals surface area contributed by atoms with Gasteiger partial charge in [-0.05, 0) is 103 Å². The summed E-state index contributed by atoms with van der Waals surface area (Å²) in [6.45, 7) is 7.78. The summed E-state index contributed by atoms with van der Waals surface area (Å²) in [5, 5.41) is 9.36. The van der Waals surface area contributed by atoms with Crippen LogP contribution < -0.4 is 15.5 Å². The summed E-state index contributed by atoms with van der Waals surface area (Å²) in [6, 6.07) is 20.8. The summed E-state index contributed by atoms with van der Waals surface area (Å²) in [5.41, 5.74) is 4.50. The van der Waals surface area contributed by atoms with Gasteiger partial charge in [0.05, 0.1) is 17.7 Å². The van der Waals surface area contributed by atoms with Gasteiger partial charge in [0.1, 0.15) is 5.69 Å². The molecule has 59 heavy (non-hydrogen) atoms. The molecule has 0 radical (unpaired) electrons. The number of benzene rings is 3. The number of imidazole rings is 1. The van der Waals surface area contributed by atoms with Crippen molar-refractivity contribution < 1.29 is 27.6 Å². The molecule has 1 unspecified atom stereocenters. The molecule has 5 heterocycles. The number of nitrogens with one attached hydrogen (secondary N) is 2. The Morgan fingerprint density at radius 3 is 2.41 bits per heavy atom. The van der Waals surface area contributed by atoms with Crippen LogP contribution in [-0.4, -0.2) is 87.9 Å². The molecule has 0 bridgehead atoms. The topological polar surface area (TPSA) is 115 Å². The zero-order chi connectivity index (χ0) is 41.1. The highest BCUT2D eigenvalue weighted by Gasteiger charge is 2.35. The van der Waals surface area contributed by atoms with Crippen LogP contribution in [0, 0.1) is 24.7 Å². The van der Waals surface area contributed by atoms with Crippen molar-refractivity contribution in [3.8, 4) is 11.8 Å². The molecule has 304 valence electrons. The van der Waals surface area contributed by atoms with E-state index in [0.29, 0.717) is 48.8 Å². The molecule has 11 nitrogen and oxygen atoms in total. The highest BCUT2D eigenvalue weighted by atomic mass is 19.4. The van der Waals surface area contributed by atoms with Crippen LogP contribution >= 0.6 is 0 Å². The summed E-state index contributed by atoms with van der Waals surface area (Å²) in [4.78, 5) is 48.2. The van der Waals surface area contributed by atoms with Crippen molar-refractivity contribution in [2.24, 2.45) is 5.92 Å².